The number of hydrogen-bond donors (Lipinski definition) is 2. The molecule has 3 aromatic rings. The number of amides is 2. The number of methoxy groups -OCH3 is 2. The van der Waals surface area contributed by atoms with Gasteiger partial charge >= 0.3 is 0 Å². The smallest absolute Gasteiger partial charge is 0.257 e. The van der Waals surface area contributed by atoms with Crippen LogP contribution in [0.15, 0.2) is 66.9 Å². The highest BCUT2D eigenvalue weighted by molar-refractivity contribution is 7.80. The van der Waals surface area contributed by atoms with Gasteiger partial charge in [-0.2, -0.15) is 0 Å². The van der Waals surface area contributed by atoms with E-state index in [1.807, 2.05) is 24.3 Å². The van der Waals surface area contributed by atoms with Crippen LogP contribution in [0.1, 0.15) is 17.5 Å². The van der Waals surface area contributed by atoms with Gasteiger partial charge in [0.15, 0.2) is 10.7 Å². The van der Waals surface area contributed by atoms with E-state index in [2.05, 4.69) is 15.6 Å². The van der Waals surface area contributed by atoms with Crippen molar-refractivity contribution in [1.82, 2.24) is 15.2 Å². The lowest BCUT2D eigenvalue weighted by atomic mass is 9.84. The third kappa shape index (κ3) is 5.90. The van der Waals surface area contributed by atoms with Crippen molar-refractivity contribution < 1.29 is 28.2 Å². The molecule has 1 unspecified atom stereocenters. The molecule has 0 spiro atoms. The van der Waals surface area contributed by atoms with Crippen molar-refractivity contribution in [3.63, 3.8) is 0 Å². The number of nitrogens with zero attached hydrogens (tertiary/aromatic N) is 2. The average Bonchev–Trinajstić information content (AvgIpc) is 3.16. The van der Waals surface area contributed by atoms with E-state index >= 15 is 0 Å². The largest absolute Gasteiger partial charge is 0.497 e. The van der Waals surface area contributed by atoms with Crippen molar-refractivity contribution >= 4 is 35.0 Å². The van der Waals surface area contributed by atoms with Crippen LogP contribution < -0.4 is 20.1 Å². The Labute approximate surface area is 224 Å². The van der Waals surface area contributed by atoms with Gasteiger partial charge in [-0.1, -0.05) is 24.3 Å². The minimum Gasteiger partial charge on any atom is -0.497 e. The van der Waals surface area contributed by atoms with Crippen LogP contribution in [0.2, 0.25) is 0 Å². The number of thiocarbonyl (C=S) groups is 1. The second-order valence-corrected chi connectivity index (χ2v) is 8.87. The quantitative estimate of drug-likeness (QED) is 0.283. The number of benzene rings is 2. The van der Waals surface area contributed by atoms with Gasteiger partial charge in [0.1, 0.15) is 23.1 Å². The zero-order valence-electron chi connectivity index (χ0n) is 20.9. The Kier molecular flexibility index (Phi) is 8.49. The van der Waals surface area contributed by atoms with Crippen LogP contribution in [0.4, 0.5) is 10.2 Å². The molecule has 2 heterocycles. The summed E-state index contributed by atoms with van der Waals surface area (Å²) < 4.78 is 29.9. The normalized spacial score (nSPS) is 16.8. The first-order valence-electron chi connectivity index (χ1n) is 11.8. The number of hydrogen-bond acceptors (Lipinski definition) is 7. The van der Waals surface area contributed by atoms with Gasteiger partial charge in [0.25, 0.3) is 5.91 Å². The Bertz CT molecular complexity index is 1290. The molecule has 1 aliphatic heterocycles. The number of rotatable bonds is 11. The molecule has 9 nitrogen and oxygen atoms in total. The number of ether oxygens (including phenoxy) is 3. The van der Waals surface area contributed by atoms with Gasteiger partial charge in [-0.05, 0) is 59.7 Å². The van der Waals surface area contributed by atoms with Crippen LogP contribution >= 0.6 is 12.2 Å². The van der Waals surface area contributed by atoms with E-state index in [4.69, 9.17) is 26.4 Å². The summed E-state index contributed by atoms with van der Waals surface area (Å²) in [4.78, 5) is 32.3. The van der Waals surface area contributed by atoms with E-state index in [0.717, 1.165) is 11.3 Å². The molecule has 1 atom stereocenters. The maximum Gasteiger partial charge on any atom is 0.257 e. The van der Waals surface area contributed by atoms with E-state index in [1.54, 1.807) is 24.1 Å². The molecular weight excluding hydrogens is 511 g/mol. The van der Waals surface area contributed by atoms with Crippen LogP contribution in [-0.4, -0.2) is 54.2 Å². The molecular formula is C27H27FN4O5S. The molecule has 2 aromatic carbocycles. The highest BCUT2D eigenvalue weighted by Crippen LogP contribution is 2.37. The third-order valence-corrected chi connectivity index (χ3v) is 6.49. The summed E-state index contributed by atoms with van der Waals surface area (Å²) in [5.74, 6) is 0.143. The van der Waals surface area contributed by atoms with Gasteiger partial charge in [-0.15, -0.1) is 0 Å². The summed E-state index contributed by atoms with van der Waals surface area (Å²) >= 11 is 5.47. The lowest BCUT2D eigenvalue weighted by Crippen LogP contribution is -2.50. The van der Waals surface area contributed by atoms with Crippen molar-refractivity contribution in [3.8, 4) is 11.5 Å². The Hall–Kier alpha value is -4.09. The molecule has 1 aromatic heterocycles. The predicted octanol–water partition coefficient (Wildman–Crippen LogP) is 3.40. The van der Waals surface area contributed by atoms with Gasteiger partial charge < -0.3 is 29.7 Å². The fourth-order valence-electron chi connectivity index (χ4n) is 4.21. The predicted molar refractivity (Wildman–Crippen MR) is 142 cm³/mol. The van der Waals surface area contributed by atoms with Crippen molar-refractivity contribution in [3.05, 3.63) is 83.8 Å². The Morgan fingerprint density at radius 1 is 1.05 bits per heavy atom. The maximum atomic E-state index is 13.8. The first kappa shape index (κ1) is 27.0. The number of halogens is 1. The van der Waals surface area contributed by atoms with E-state index in [1.165, 1.54) is 37.6 Å². The number of carbonyl (C=O) groups is 2. The summed E-state index contributed by atoms with van der Waals surface area (Å²) in [5.41, 5.74) is -0.144. The van der Waals surface area contributed by atoms with E-state index < -0.39 is 23.2 Å². The van der Waals surface area contributed by atoms with E-state index in [-0.39, 0.29) is 24.7 Å². The molecule has 1 aliphatic rings. The van der Waals surface area contributed by atoms with Crippen molar-refractivity contribution in [2.24, 2.45) is 0 Å². The SMILES string of the molecule is COc1ccc(COCCN2C(=S)NC(=O)C2(CC(=O)Nc2ccc(OC)cn2)c2ccc(F)cc2)cc1. The van der Waals surface area contributed by atoms with Crippen LogP contribution in [0.5, 0.6) is 11.5 Å². The molecule has 0 bridgehead atoms. The Morgan fingerprint density at radius 3 is 2.37 bits per heavy atom. The summed E-state index contributed by atoms with van der Waals surface area (Å²) in [6.07, 6.45) is 1.17. The molecule has 0 saturated carbocycles. The highest BCUT2D eigenvalue weighted by Gasteiger charge is 2.53. The number of aromatic nitrogens is 1. The van der Waals surface area contributed by atoms with Crippen LogP contribution in [-0.2, 0) is 26.5 Å². The molecule has 0 radical (unpaired) electrons. The monoisotopic (exact) mass is 538 g/mol. The maximum absolute atomic E-state index is 13.8. The summed E-state index contributed by atoms with van der Waals surface area (Å²) in [6.45, 7) is 0.754. The molecule has 4 rings (SSSR count). The third-order valence-electron chi connectivity index (χ3n) is 6.17. The summed E-state index contributed by atoms with van der Waals surface area (Å²) in [6, 6.07) is 16.2. The first-order chi connectivity index (χ1) is 18.3. The number of pyridine rings is 1. The topological polar surface area (TPSA) is 102 Å². The van der Waals surface area contributed by atoms with Gasteiger partial charge in [0.05, 0.1) is 40.1 Å². The molecule has 38 heavy (non-hydrogen) atoms. The van der Waals surface area contributed by atoms with Crippen molar-refractivity contribution in [2.75, 3.05) is 32.7 Å². The minimum absolute atomic E-state index is 0.155. The number of anilines is 1. The molecule has 0 aliphatic carbocycles. The molecule has 1 fully saturated rings. The van der Waals surface area contributed by atoms with Gasteiger partial charge in [0.2, 0.25) is 5.91 Å². The lowest BCUT2D eigenvalue weighted by Gasteiger charge is -2.36. The zero-order chi connectivity index (χ0) is 27.1. The minimum atomic E-state index is -1.51. The fraction of sp³-hybridized carbons (Fsp3) is 0.259. The van der Waals surface area contributed by atoms with Crippen molar-refractivity contribution in [2.45, 2.75) is 18.6 Å². The summed E-state index contributed by atoms with van der Waals surface area (Å²) in [5, 5.41) is 5.53. The van der Waals surface area contributed by atoms with E-state index in [0.29, 0.717) is 23.7 Å². The second kappa shape index (κ2) is 12.0. The van der Waals surface area contributed by atoms with E-state index in [9.17, 15) is 14.0 Å². The number of nitrogens with one attached hydrogen (secondary N) is 2. The van der Waals surface area contributed by atoms with Gasteiger partial charge in [0, 0.05) is 6.54 Å². The average molecular weight is 539 g/mol. The standard InChI is InChI=1S/C27H27FN4O5S/c1-35-21-9-3-18(4-10-21)17-37-14-13-32-26(38)31-25(34)27(32,19-5-7-20(28)8-6-19)15-24(33)30-23-12-11-22(36-2)16-29-23/h3-12,16H,13-15,17H2,1-2H3,(H,29,30,33)(H,31,34,38). The fourth-order valence-corrected chi connectivity index (χ4v) is 4.55. The molecule has 11 heteroatoms. The van der Waals surface area contributed by atoms with Gasteiger partial charge in [-0.25, -0.2) is 9.37 Å². The highest BCUT2D eigenvalue weighted by atomic mass is 32.1. The van der Waals surface area contributed by atoms with Crippen molar-refractivity contribution in [1.29, 1.82) is 0 Å². The summed E-state index contributed by atoms with van der Waals surface area (Å²) in [7, 11) is 3.11. The van der Waals surface area contributed by atoms with Crippen LogP contribution in [0.25, 0.3) is 0 Å². The molecule has 2 amide bonds. The Balaban J connectivity index is 1.53. The molecule has 2 N–H and O–H groups in total. The molecule has 1 saturated heterocycles. The van der Waals surface area contributed by atoms with Crippen LogP contribution in [0, 0.1) is 5.82 Å². The van der Waals surface area contributed by atoms with Gasteiger partial charge in [-0.3, -0.25) is 9.59 Å². The first-order valence-corrected chi connectivity index (χ1v) is 12.2. The Morgan fingerprint density at radius 2 is 1.74 bits per heavy atom. The van der Waals surface area contributed by atoms with Crippen LogP contribution in [0.3, 0.4) is 0 Å². The second-order valence-electron chi connectivity index (χ2n) is 8.49. The number of carbonyl (C=O) groups excluding carboxylic acids is 2. The molecule has 198 valence electrons. The lowest BCUT2D eigenvalue weighted by molar-refractivity contribution is -0.132. The zero-order valence-corrected chi connectivity index (χ0v) is 21.7.